The second-order valence-corrected chi connectivity index (χ2v) is 9.56. The van der Waals surface area contributed by atoms with E-state index in [4.69, 9.17) is 9.47 Å². The van der Waals surface area contributed by atoms with Gasteiger partial charge in [-0.3, -0.25) is 9.52 Å². The number of ether oxygens (including phenoxy) is 2. The number of likely N-dealkylation sites (N-methyl/N-ethyl adjacent to an activating group) is 1. The average molecular weight is 508 g/mol. The second-order valence-electron chi connectivity index (χ2n) is 8.38. The second kappa shape index (κ2) is 11.7. The maximum absolute atomic E-state index is 13.5. The SMILES string of the molecule is CCCc1ccccc1S(=O)NC(=O)NC(Cc1ccccc1)C(=O)N(C)c1ccc2c(c1)OCO2. The van der Waals surface area contributed by atoms with E-state index in [1.807, 2.05) is 49.4 Å². The van der Waals surface area contributed by atoms with E-state index in [-0.39, 0.29) is 19.1 Å². The molecule has 3 aromatic rings. The molecule has 0 aromatic heterocycles. The Bertz CT molecular complexity index is 1250. The maximum atomic E-state index is 13.5. The first kappa shape index (κ1) is 25.2. The van der Waals surface area contributed by atoms with Crippen molar-refractivity contribution in [3.05, 3.63) is 83.9 Å². The third kappa shape index (κ3) is 6.04. The van der Waals surface area contributed by atoms with Gasteiger partial charge in [0.25, 0.3) is 0 Å². The Morgan fingerprint density at radius 3 is 2.50 bits per heavy atom. The van der Waals surface area contributed by atoms with Crippen LogP contribution in [-0.4, -0.2) is 36.0 Å². The van der Waals surface area contributed by atoms with Crippen molar-refractivity contribution in [1.82, 2.24) is 10.0 Å². The van der Waals surface area contributed by atoms with Gasteiger partial charge in [-0.1, -0.05) is 61.9 Å². The number of nitrogens with one attached hydrogen (secondary N) is 2. The zero-order valence-electron chi connectivity index (χ0n) is 20.2. The minimum absolute atomic E-state index is 0.132. The van der Waals surface area contributed by atoms with Gasteiger partial charge in [0.1, 0.15) is 6.04 Å². The van der Waals surface area contributed by atoms with E-state index in [0.717, 1.165) is 24.0 Å². The lowest BCUT2D eigenvalue weighted by Crippen LogP contribution is -2.51. The Morgan fingerprint density at radius 2 is 1.72 bits per heavy atom. The first-order chi connectivity index (χ1) is 17.5. The Balaban J connectivity index is 1.51. The highest BCUT2D eigenvalue weighted by Gasteiger charge is 2.27. The average Bonchev–Trinajstić information content (AvgIpc) is 3.36. The van der Waals surface area contributed by atoms with Crippen LogP contribution in [0.1, 0.15) is 24.5 Å². The van der Waals surface area contributed by atoms with Gasteiger partial charge in [-0.15, -0.1) is 0 Å². The number of amides is 3. The molecule has 0 saturated heterocycles. The molecule has 0 saturated carbocycles. The number of hydrogen-bond acceptors (Lipinski definition) is 5. The summed E-state index contributed by atoms with van der Waals surface area (Å²) >= 11 is 0. The number of nitrogens with zero attached hydrogens (tertiary/aromatic N) is 1. The molecule has 3 amide bonds. The molecular formula is C27H29N3O5S. The van der Waals surface area contributed by atoms with Crippen molar-refractivity contribution < 1.29 is 23.3 Å². The standard InChI is InChI=1S/C27H29N3O5S/c1-3-9-20-12-7-8-13-25(20)36(33)29-27(32)28-22(16-19-10-5-4-6-11-19)26(31)30(2)21-14-15-23-24(17-21)35-18-34-23/h4-8,10-15,17,22H,3,9,16,18H2,1-2H3,(H2,28,29,32). The van der Waals surface area contributed by atoms with Crippen molar-refractivity contribution in [2.75, 3.05) is 18.7 Å². The predicted molar refractivity (Wildman–Crippen MR) is 138 cm³/mol. The molecule has 2 N–H and O–H groups in total. The number of benzene rings is 3. The van der Waals surface area contributed by atoms with Gasteiger partial charge >= 0.3 is 6.03 Å². The number of carbonyl (C=O) groups is 2. The number of fused-ring (bicyclic) bond motifs is 1. The molecule has 0 aliphatic carbocycles. The van der Waals surface area contributed by atoms with Gasteiger partial charge in [-0.2, -0.15) is 0 Å². The van der Waals surface area contributed by atoms with Gasteiger partial charge in [0.2, 0.25) is 12.7 Å². The van der Waals surface area contributed by atoms with Crippen molar-refractivity contribution in [2.45, 2.75) is 37.1 Å². The fourth-order valence-corrected chi connectivity index (χ4v) is 4.94. The van der Waals surface area contributed by atoms with Gasteiger partial charge in [0.05, 0.1) is 4.90 Å². The van der Waals surface area contributed by atoms with Crippen LogP contribution in [0, 0.1) is 0 Å². The van der Waals surface area contributed by atoms with Crippen LogP contribution in [0.2, 0.25) is 0 Å². The Labute approximate surface area is 213 Å². The van der Waals surface area contributed by atoms with Crippen molar-refractivity contribution in [3.63, 3.8) is 0 Å². The lowest BCUT2D eigenvalue weighted by atomic mass is 10.0. The van der Waals surface area contributed by atoms with Crippen LogP contribution in [0.5, 0.6) is 11.5 Å². The molecule has 1 aliphatic heterocycles. The van der Waals surface area contributed by atoms with Gasteiger partial charge in [-0.05, 0) is 35.7 Å². The van der Waals surface area contributed by atoms with Crippen molar-refractivity contribution >= 4 is 28.6 Å². The van der Waals surface area contributed by atoms with Crippen LogP contribution >= 0.6 is 0 Å². The quantitative estimate of drug-likeness (QED) is 0.457. The predicted octanol–water partition coefficient (Wildman–Crippen LogP) is 3.96. The molecule has 2 unspecified atom stereocenters. The number of carbonyl (C=O) groups excluding carboxylic acids is 2. The first-order valence-electron chi connectivity index (χ1n) is 11.7. The lowest BCUT2D eigenvalue weighted by molar-refractivity contribution is -0.120. The number of anilines is 1. The lowest BCUT2D eigenvalue weighted by Gasteiger charge is -2.25. The number of hydrogen-bond donors (Lipinski definition) is 2. The highest BCUT2D eigenvalue weighted by Crippen LogP contribution is 2.35. The highest BCUT2D eigenvalue weighted by molar-refractivity contribution is 7.83. The molecule has 4 rings (SSSR count). The molecule has 0 bridgehead atoms. The topological polar surface area (TPSA) is 97.0 Å². The summed E-state index contributed by atoms with van der Waals surface area (Å²) in [5.74, 6) is 0.840. The van der Waals surface area contributed by atoms with Crippen molar-refractivity contribution in [1.29, 1.82) is 0 Å². The van der Waals surface area contributed by atoms with Gasteiger partial charge < -0.3 is 19.7 Å². The minimum Gasteiger partial charge on any atom is -0.454 e. The summed E-state index contributed by atoms with van der Waals surface area (Å²) in [4.78, 5) is 28.4. The molecule has 2 atom stereocenters. The fraction of sp³-hybridized carbons (Fsp3) is 0.259. The Morgan fingerprint density at radius 1 is 1.00 bits per heavy atom. The molecule has 9 heteroatoms. The van der Waals surface area contributed by atoms with Crippen molar-refractivity contribution in [3.8, 4) is 11.5 Å². The molecule has 1 aliphatic rings. The van der Waals surface area contributed by atoms with E-state index in [9.17, 15) is 13.8 Å². The summed E-state index contributed by atoms with van der Waals surface area (Å²) in [7, 11) is -0.131. The van der Waals surface area contributed by atoms with Gasteiger partial charge in [-0.25, -0.2) is 9.00 Å². The van der Waals surface area contributed by atoms with Crippen LogP contribution < -0.4 is 24.4 Å². The molecule has 0 radical (unpaired) electrons. The summed E-state index contributed by atoms with van der Waals surface area (Å²) in [6.45, 7) is 2.17. The summed E-state index contributed by atoms with van der Waals surface area (Å²) in [6.07, 6.45) is 1.90. The zero-order valence-corrected chi connectivity index (χ0v) is 21.0. The normalized spacial score (nSPS) is 13.5. The number of urea groups is 1. The number of aryl methyl sites for hydroxylation is 1. The largest absolute Gasteiger partial charge is 0.454 e. The van der Waals surface area contributed by atoms with Crippen LogP contribution in [0.15, 0.2) is 77.7 Å². The fourth-order valence-electron chi connectivity index (χ4n) is 3.99. The Hall–Kier alpha value is -3.85. The van der Waals surface area contributed by atoms with Crippen LogP contribution in [0.25, 0.3) is 0 Å². The van der Waals surface area contributed by atoms with E-state index >= 15 is 0 Å². The summed E-state index contributed by atoms with van der Waals surface area (Å²) in [5, 5.41) is 2.73. The highest BCUT2D eigenvalue weighted by atomic mass is 32.2. The molecule has 8 nitrogen and oxygen atoms in total. The van der Waals surface area contributed by atoms with E-state index in [1.165, 1.54) is 4.90 Å². The van der Waals surface area contributed by atoms with Crippen LogP contribution in [0.3, 0.4) is 0 Å². The first-order valence-corrected chi connectivity index (χ1v) is 12.9. The number of rotatable bonds is 9. The molecular weight excluding hydrogens is 478 g/mol. The van der Waals surface area contributed by atoms with Crippen LogP contribution in [0.4, 0.5) is 10.5 Å². The van der Waals surface area contributed by atoms with Crippen molar-refractivity contribution in [2.24, 2.45) is 0 Å². The maximum Gasteiger partial charge on any atom is 0.327 e. The third-order valence-electron chi connectivity index (χ3n) is 5.84. The molecule has 0 fully saturated rings. The van der Waals surface area contributed by atoms with E-state index in [2.05, 4.69) is 10.0 Å². The zero-order chi connectivity index (χ0) is 25.5. The van der Waals surface area contributed by atoms with Gasteiger partial charge in [0, 0.05) is 25.2 Å². The molecule has 188 valence electrons. The summed E-state index contributed by atoms with van der Waals surface area (Å²) in [6, 6.07) is 20.3. The summed E-state index contributed by atoms with van der Waals surface area (Å²) in [5.41, 5.74) is 2.39. The monoisotopic (exact) mass is 507 g/mol. The van der Waals surface area contributed by atoms with E-state index in [1.54, 1.807) is 37.4 Å². The van der Waals surface area contributed by atoms with E-state index in [0.29, 0.717) is 22.1 Å². The Kier molecular flexibility index (Phi) is 8.22. The van der Waals surface area contributed by atoms with Gasteiger partial charge in [0.15, 0.2) is 22.5 Å². The molecule has 36 heavy (non-hydrogen) atoms. The third-order valence-corrected chi connectivity index (χ3v) is 7.01. The molecule has 3 aromatic carbocycles. The van der Waals surface area contributed by atoms with Crippen LogP contribution in [-0.2, 0) is 28.6 Å². The summed E-state index contributed by atoms with van der Waals surface area (Å²) < 4.78 is 26.2. The van der Waals surface area contributed by atoms with E-state index < -0.39 is 23.1 Å². The minimum atomic E-state index is -1.77. The smallest absolute Gasteiger partial charge is 0.327 e. The molecule has 1 heterocycles. The molecule has 0 spiro atoms.